The summed E-state index contributed by atoms with van der Waals surface area (Å²) < 4.78 is 13.3. The van der Waals surface area contributed by atoms with Crippen molar-refractivity contribution in [1.29, 1.82) is 0 Å². The van der Waals surface area contributed by atoms with Crippen LogP contribution in [0.2, 0.25) is 0 Å². The zero-order valence-electron chi connectivity index (χ0n) is 6.38. The number of halogens is 2. The standard InChI is InChI=1S/C7H7BBrFO2/c1-4-2-5(8(11)12)3-6(10)7(4)9/h2-3,11-12H,1H3. The zero-order chi connectivity index (χ0) is 9.30. The topological polar surface area (TPSA) is 40.5 Å². The first-order valence-corrected chi connectivity index (χ1v) is 4.13. The van der Waals surface area contributed by atoms with Crippen LogP contribution in [0.1, 0.15) is 5.56 Å². The summed E-state index contributed by atoms with van der Waals surface area (Å²) in [6.45, 7) is 1.68. The van der Waals surface area contributed by atoms with Gasteiger partial charge in [0.25, 0.3) is 0 Å². The fourth-order valence-electron chi connectivity index (χ4n) is 0.902. The van der Waals surface area contributed by atoms with Gasteiger partial charge < -0.3 is 10.0 Å². The number of rotatable bonds is 1. The van der Waals surface area contributed by atoms with Crippen molar-refractivity contribution in [1.82, 2.24) is 0 Å². The van der Waals surface area contributed by atoms with E-state index in [4.69, 9.17) is 10.0 Å². The SMILES string of the molecule is Cc1cc(B(O)O)cc(F)c1Br. The molecule has 0 saturated heterocycles. The molecule has 2 N–H and O–H groups in total. The van der Waals surface area contributed by atoms with Crippen LogP contribution in [0.4, 0.5) is 4.39 Å². The molecule has 0 atom stereocenters. The van der Waals surface area contributed by atoms with Gasteiger partial charge in [-0.2, -0.15) is 0 Å². The summed E-state index contributed by atoms with van der Waals surface area (Å²) in [5.74, 6) is -0.488. The lowest BCUT2D eigenvalue weighted by molar-refractivity contribution is 0.425. The van der Waals surface area contributed by atoms with Crippen LogP contribution >= 0.6 is 15.9 Å². The molecule has 1 aromatic rings. The molecular formula is C7H7BBrFO2. The third-order valence-electron chi connectivity index (χ3n) is 1.53. The fraction of sp³-hybridized carbons (Fsp3) is 0.143. The summed E-state index contributed by atoms with van der Waals surface area (Å²) in [6.07, 6.45) is 0. The van der Waals surface area contributed by atoms with Crippen molar-refractivity contribution >= 4 is 28.5 Å². The van der Waals surface area contributed by atoms with Crippen LogP contribution in [0.5, 0.6) is 0 Å². The van der Waals surface area contributed by atoms with Gasteiger partial charge in [-0.3, -0.25) is 0 Å². The van der Waals surface area contributed by atoms with Crippen LogP contribution < -0.4 is 5.46 Å². The lowest BCUT2D eigenvalue weighted by Gasteiger charge is -2.04. The van der Waals surface area contributed by atoms with Gasteiger partial charge in [-0.05, 0) is 39.9 Å². The molecule has 1 rings (SSSR count). The van der Waals surface area contributed by atoms with Crippen LogP contribution in [0.25, 0.3) is 0 Å². The highest BCUT2D eigenvalue weighted by Gasteiger charge is 2.14. The maximum absolute atomic E-state index is 12.9. The van der Waals surface area contributed by atoms with Crippen molar-refractivity contribution < 1.29 is 14.4 Å². The highest BCUT2D eigenvalue weighted by Crippen LogP contribution is 2.18. The molecule has 0 spiro atoms. The molecule has 0 radical (unpaired) electrons. The number of aryl methyl sites for hydroxylation is 1. The Balaban J connectivity index is 3.21. The lowest BCUT2D eigenvalue weighted by atomic mass is 9.79. The molecular weight excluding hydrogens is 226 g/mol. The lowest BCUT2D eigenvalue weighted by Crippen LogP contribution is -2.30. The van der Waals surface area contributed by atoms with Gasteiger partial charge in [0.2, 0.25) is 0 Å². The van der Waals surface area contributed by atoms with Gasteiger partial charge in [-0.1, -0.05) is 6.07 Å². The maximum atomic E-state index is 12.9. The molecule has 64 valence electrons. The highest BCUT2D eigenvalue weighted by atomic mass is 79.9. The highest BCUT2D eigenvalue weighted by molar-refractivity contribution is 9.10. The fourth-order valence-corrected chi connectivity index (χ4v) is 1.13. The number of hydrogen-bond donors (Lipinski definition) is 2. The Morgan fingerprint density at radius 3 is 2.42 bits per heavy atom. The smallest absolute Gasteiger partial charge is 0.423 e. The van der Waals surface area contributed by atoms with Gasteiger partial charge in [0.05, 0.1) is 4.47 Å². The van der Waals surface area contributed by atoms with Crippen LogP contribution in [0, 0.1) is 12.7 Å². The predicted octanol–water partition coefficient (Wildman–Crippen LogP) is 0.576. The van der Waals surface area contributed by atoms with E-state index in [2.05, 4.69) is 15.9 Å². The quantitative estimate of drug-likeness (QED) is 0.696. The summed E-state index contributed by atoms with van der Waals surface area (Å²) in [7, 11) is -1.62. The van der Waals surface area contributed by atoms with Gasteiger partial charge in [-0.15, -0.1) is 0 Å². The van der Waals surface area contributed by atoms with E-state index in [-0.39, 0.29) is 5.46 Å². The van der Waals surface area contributed by atoms with Crippen LogP contribution in [-0.4, -0.2) is 17.2 Å². The average Bonchev–Trinajstić information content (AvgIpc) is 1.99. The molecule has 0 unspecified atom stereocenters. The van der Waals surface area contributed by atoms with E-state index in [1.54, 1.807) is 6.92 Å². The second-order valence-electron chi connectivity index (χ2n) is 2.51. The van der Waals surface area contributed by atoms with Crippen LogP contribution in [0.3, 0.4) is 0 Å². The molecule has 0 aliphatic carbocycles. The molecule has 5 heteroatoms. The van der Waals surface area contributed by atoms with E-state index in [1.165, 1.54) is 6.07 Å². The molecule has 0 heterocycles. The molecule has 2 nitrogen and oxygen atoms in total. The second-order valence-corrected chi connectivity index (χ2v) is 3.30. The van der Waals surface area contributed by atoms with E-state index in [0.29, 0.717) is 10.0 Å². The number of benzene rings is 1. The van der Waals surface area contributed by atoms with Crippen molar-refractivity contribution in [2.45, 2.75) is 6.92 Å². The Kier molecular flexibility index (Phi) is 2.87. The summed E-state index contributed by atoms with van der Waals surface area (Å²) in [5.41, 5.74) is 0.798. The van der Waals surface area contributed by atoms with E-state index in [9.17, 15) is 4.39 Å². The van der Waals surface area contributed by atoms with Crippen molar-refractivity contribution in [3.63, 3.8) is 0 Å². The molecule has 0 aliphatic rings. The van der Waals surface area contributed by atoms with Gasteiger partial charge >= 0.3 is 7.12 Å². The summed E-state index contributed by atoms with van der Waals surface area (Å²) in [5, 5.41) is 17.5. The molecule has 0 saturated carbocycles. The monoisotopic (exact) mass is 232 g/mol. The van der Waals surface area contributed by atoms with Crippen LogP contribution in [0.15, 0.2) is 16.6 Å². The molecule has 1 aromatic carbocycles. The normalized spacial score (nSPS) is 10.1. The van der Waals surface area contributed by atoms with Gasteiger partial charge in [0.1, 0.15) is 5.82 Å². The summed E-state index contributed by atoms with van der Waals surface area (Å²) in [6, 6.07) is 2.60. The van der Waals surface area contributed by atoms with E-state index in [0.717, 1.165) is 6.07 Å². The first-order valence-electron chi connectivity index (χ1n) is 3.34. The summed E-state index contributed by atoms with van der Waals surface area (Å²) >= 11 is 3.02. The summed E-state index contributed by atoms with van der Waals surface area (Å²) in [4.78, 5) is 0. The van der Waals surface area contributed by atoms with Gasteiger partial charge in [0.15, 0.2) is 0 Å². The van der Waals surface area contributed by atoms with E-state index in [1.807, 2.05) is 0 Å². The Hall–Kier alpha value is -0.385. The minimum Gasteiger partial charge on any atom is -0.423 e. The molecule has 0 amide bonds. The number of hydrogen-bond acceptors (Lipinski definition) is 2. The first kappa shape index (κ1) is 9.70. The molecule has 12 heavy (non-hydrogen) atoms. The molecule has 0 aromatic heterocycles. The minimum atomic E-state index is -1.62. The van der Waals surface area contributed by atoms with Crippen LogP contribution in [-0.2, 0) is 0 Å². The van der Waals surface area contributed by atoms with Crippen molar-refractivity contribution in [2.75, 3.05) is 0 Å². The van der Waals surface area contributed by atoms with E-state index < -0.39 is 12.9 Å². The van der Waals surface area contributed by atoms with E-state index >= 15 is 0 Å². The Labute approximate surface area is 78.3 Å². The predicted molar refractivity (Wildman–Crippen MR) is 48.7 cm³/mol. The first-order chi connectivity index (χ1) is 5.52. The van der Waals surface area contributed by atoms with Crippen molar-refractivity contribution in [2.24, 2.45) is 0 Å². The largest absolute Gasteiger partial charge is 0.488 e. The zero-order valence-corrected chi connectivity index (χ0v) is 7.97. The van der Waals surface area contributed by atoms with Crippen molar-refractivity contribution in [3.8, 4) is 0 Å². The third-order valence-corrected chi connectivity index (χ3v) is 2.53. The third kappa shape index (κ3) is 1.85. The Morgan fingerprint density at radius 2 is 2.00 bits per heavy atom. The Morgan fingerprint density at radius 1 is 1.42 bits per heavy atom. The average molecular weight is 233 g/mol. The van der Waals surface area contributed by atoms with Gasteiger partial charge in [0, 0.05) is 0 Å². The molecule has 0 aliphatic heterocycles. The van der Waals surface area contributed by atoms with Crippen molar-refractivity contribution in [3.05, 3.63) is 28.0 Å². The Bertz CT molecular complexity index is 280. The molecule has 0 bridgehead atoms. The minimum absolute atomic E-state index is 0.160. The van der Waals surface area contributed by atoms with Gasteiger partial charge in [-0.25, -0.2) is 4.39 Å². The molecule has 0 fully saturated rings. The second kappa shape index (κ2) is 3.55. The maximum Gasteiger partial charge on any atom is 0.488 e.